The van der Waals surface area contributed by atoms with Crippen molar-refractivity contribution in [3.05, 3.63) is 45.7 Å². The number of benzene rings is 1. The van der Waals surface area contributed by atoms with E-state index in [1.54, 1.807) is 6.20 Å². The molecule has 2 heterocycles. The van der Waals surface area contributed by atoms with Gasteiger partial charge in [0.25, 0.3) is 5.91 Å². The molecule has 3 rings (SSSR count). The lowest BCUT2D eigenvalue weighted by Crippen LogP contribution is -2.35. The normalized spacial score (nSPS) is 18.4. The van der Waals surface area contributed by atoms with E-state index < -0.39 is 0 Å². The highest BCUT2D eigenvalue weighted by Crippen LogP contribution is 2.18. The van der Waals surface area contributed by atoms with Gasteiger partial charge in [0.2, 0.25) is 5.43 Å². The lowest BCUT2D eigenvalue weighted by atomic mass is 9.95. The molecule has 25 heavy (non-hydrogen) atoms. The third-order valence-corrected chi connectivity index (χ3v) is 5.15. The highest BCUT2D eigenvalue weighted by molar-refractivity contribution is 5.97. The van der Waals surface area contributed by atoms with Gasteiger partial charge in [0.05, 0.1) is 5.52 Å². The molecule has 0 radical (unpaired) electrons. The first-order chi connectivity index (χ1) is 12.0. The zero-order valence-electron chi connectivity index (χ0n) is 15.3. The van der Waals surface area contributed by atoms with E-state index in [2.05, 4.69) is 17.3 Å². The summed E-state index contributed by atoms with van der Waals surface area (Å²) in [5.41, 5.74) is 1.90. The van der Waals surface area contributed by atoms with E-state index in [-0.39, 0.29) is 16.9 Å². The lowest BCUT2D eigenvalue weighted by molar-refractivity contribution is 0.0946. The minimum atomic E-state index is -0.270. The smallest absolute Gasteiger partial charge is 0.256 e. The second-order valence-corrected chi connectivity index (χ2v) is 7.32. The number of nitrogens with one attached hydrogen (secondary N) is 1. The Morgan fingerprint density at radius 1 is 1.32 bits per heavy atom. The first-order valence-corrected chi connectivity index (χ1v) is 9.02. The summed E-state index contributed by atoms with van der Waals surface area (Å²) in [5, 5.41) is 3.54. The van der Waals surface area contributed by atoms with Crippen molar-refractivity contribution in [3.63, 3.8) is 0 Å². The van der Waals surface area contributed by atoms with Crippen molar-refractivity contribution in [1.29, 1.82) is 0 Å². The molecular weight excluding hydrogens is 314 g/mol. The molecule has 5 heteroatoms. The lowest BCUT2D eigenvalue weighted by Gasteiger charge is -2.29. The van der Waals surface area contributed by atoms with Crippen LogP contribution in [0.2, 0.25) is 0 Å². The molecule has 1 saturated heterocycles. The largest absolute Gasteiger partial charge is 0.352 e. The van der Waals surface area contributed by atoms with Gasteiger partial charge in [-0.1, -0.05) is 11.6 Å². The molecule has 134 valence electrons. The van der Waals surface area contributed by atoms with Crippen LogP contribution in [0, 0.1) is 12.8 Å². The second kappa shape index (κ2) is 7.40. The van der Waals surface area contributed by atoms with Gasteiger partial charge >= 0.3 is 0 Å². The highest BCUT2D eigenvalue weighted by atomic mass is 16.2. The van der Waals surface area contributed by atoms with Gasteiger partial charge in [0.15, 0.2) is 0 Å². The molecule has 2 aromatic rings. The SMILES string of the molecule is Cc1ccc2c(c1)c(=O)c(C(=O)NCC[C@H]1CCCN(C)C1)cn2C. The number of rotatable bonds is 4. The maximum atomic E-state index is 12.7. The maximum absolute atomic E-state index is 12.7. The topological polar surface area (TPSA) is 54.3 Å². The molecule has 0 saturated carbocycles. The number of amides is 1. The molecule has 0 unspecified atom stereocenters. The summed E-state index contributed by atoms with van der Waals surface area (Å²) in [6.07, 6.45) is 5.05. The standard InChI is InChI=1S/C20H27N3O2/c1-14-6-7-18-16(11-14)19(24)17(13-23(18)3)20(25)21-9-8-15-5-4-10-22(2)12-15/h6-7,11,13,15H,4-5,8-10,12H2,1-3H3,(H,21,25)/t15-/m1/s1. The van der Waals surface area contributed by atoms with Gasteiger partial charge in [-0.05, 0) is 57.8 Å². The van der Waals surface area contributed by atoms with Crippen LogP contribution in [-0.4, -0.2) is 42.1 Å². The molecule has 1 aliphatic rings. The van der Waals surface area contributed by atoms with Crippen molar-refractivity contribution < 1.29 is 4.79 Å². The predicted molar refractivity (Wildman–Crippen MR) is 101 cm³/mol. The van der Waals surface area contributed by atoms with Gasteiger partial charge in [-0.25, -0.2) is 0 Å². The zero-order valence-corrected chi connectivity index (χ0v) is 15.3. The van der Waals surface area contributed by atoms with Gasteiger partial charge in [-0.3, -0.25) is 9.59 Å². The molecule has 1 fully saturated rings. The molecular formula is C20H27N3O2. The number of nitrogens with zero attached hydrogens (tertiary/aromatic N) is 2. The number of carbonyl (C=O) groups excluding carboxylic acids is 1. The third-order valence-electron chi connectivity index (χ3n) is 5.15. The number of pyridine rings is 1. The van der Waals surface area contributed by atoms with Crippen molar-refractivity contribution in [2.24, 2.45) is 13.0 Å². The summed E-state index contributed by atoms with van der Waals surface area (Å²) in [4.78, 5) is 27.6. The van der Waals surface area contributed by atoms with Crippen LogP contribution in [0.25, 0.3) is 10.9 Å². The Morgan fingerprint density at radius 2 is 2.12 bits per heavy atom. The van der Waals surface area contributed by atoms with Crippen LogP contribution in [0.15, 0.2) is 29.2 Å². The average Bonchev–Trinajstić information content (AvgIpc) is 2.58. The van der Waals surface area contributed by atoms with Gasteiger partial charge in [0.1, 0.15) is 5.56 Å². The van der Waals surface area contributed by atoms with Crippen molar-refractivity contribution in [2.45, 2.75) is 26.2 Å². The molecule has 0 bridgehead atoms. The summed E-state index contributed by atoms with van der Waals surface area (Å²) in [5.74, 6) is 0.356. The second-order valence-electron chi connectivity index (χ2n) is 7.32. The van der Waals surface area contributed by atoms with Crippen LogP contribution in [0.3, 0.4) is 0 Å². The average molecular weight is 341 g/mol. The Labute approximate surface area is 148 Å². The molecule has 1 N–H and O–H groups in total. The van der Waals surface area contributed by atoms with Crippen molar-refractivity contribution >= 4 is 16.8 Å². The predicted octanol–water partition coefficient (Wildman–Crippen LogP) is 2.31. The first kappa shape index (κ1) is 17.7. The zero-order chi connectivity index (χ0) is 18.0. The van der Waals surface area contributed by atoms with E-state index in [1.807, 2.05) is 36.7 Å². The van der Waals surface area contributed by atoms with E-state index in [0.29, 0.717) is 17.8 Å². The van der Waals surface area contributed by atoms with Crippen molar-refractivity contribution in [3.8, 4) is 0 Å². The van der Waals surface area contributed by atoms with Crippen LogP contribution in [0.4, 0.5) is 0 Å². The fourth-order valence-corrected chi connectivity index (χ4v) is 3.76. The van der Waals surface area contributed by atoms with Crippen LogP contribution < -0.4 is 10.7 Å². The number of aromatic nitrogens is 1. The Hall–Kier alpha value is -2.14. The van der Waals surface area contributed by atoms with E-state index in [4.69, 9.17) is 0 Å². The van der Waals surface area contributed by atoms with Gasteiger partial charge in [-0.2, -0.15) is 0 Å². The van der Waals surface area contributed by atoms with Crippen LogP contribution in [-0.2, 0) is 7.05 Å². The summed E-state index contributed by atoms with van der Waals surface area (Å²) in [6.45, 7) is 4.82. The first-order valence-electron chi connectivity index (χ1n) is 9.02. The van der Waals surface area contributed by atoms with Crippen molar-refractivity contribution in [1.82, 2.24) is 14.8 Å². The minimum absolute atomic E-state index is 0.188. The van der Waals surface area contributed by atoms with E-state index in [9.17, 15) is 9.59 Å². The summed E-state index contributed by atoms with van der Waals surface area (Å²) >= 11 is 0. The molecule has 0 aliphatic carbocycles. The number of fused-ring (bicyclic) bond motifs is 1. The van der Waals surface area contributed by atoms with Crippen LogP contribution >= 0.6 is 0 Å². The van der Waals surface area contributed by atoms with Gasteiger partial charge < -0.3 is 14.8 Å². The molecule has 1 aromatic heterocycles. The molecule has 1 atom stereocenters. The number of carbonyl (C=O) groups is 1. The third kappa shape index (κ3) is 3.93. The maximum Gasteiger partial charge on any atom is 0.256 e. The minimum Gasteiger partial charge on any atom is -0.352 e. The molecule has 0 spiro atoms. The van der Waals surface area contributed by atoms with Gasteiger partial charge in [0, 0.05) is 31.7 Å². The molecule has 1 aliphatic heterocycles. The van der Waals surface area contributed by atoms with E-state index >= 15 is 0 Å². The number of hydrogen-bond donors (Lipinski definition) is 1. The number of aryl methyl sites for hydroxylation is 2. The molecule has 1 aromatic carbocycles. The fraction of sp³-hybridized carbons (Fsp3) is 0.500. The summed E-state index contributed by atoms with van der Waals surface area (Å²) in [6, 6.07) is 5.75. The Kier molecular flexibility index (Phi) is 5.23. The number of likely N-dealkylation sites (tertiary alicyclic amines) is 1. The van der Waals surface area contributed by atoms with Crippen molar-refractivity contribution in [2.75, 3.05) is 26.7 Å². The summed E-state index contributed by atoms with van der Waals surface area (Å²) in [7, 11) is 4.01. The van der Waals surface area contributed by atoms with E-state index in [0.717, 1.165) is 30.6 Å². The Balaban J connectivity index is 1.72. The van der Waals surface area contributed by atoms with Crippen LogP contribution in [0.5, 0.6) is 0 Å². The summed E-state index contributed by atoms with van der Waals surface area (Å²) < 4.78 is 1.85. The van der Waals surface area contributed by atoms with Crippen LogP contribution in [0.1, 0.15) is 35.2 Å². The molecule has 5 nitrogen and oxygen atoms in total. The Morgan fingerprint density at radius 3 is 2.88 bits per heavy atom. The monoisotopic (exact) mass is 341 g/mol. The fourth-order valence-electron chi connectivity index (χ4n) is 3.76. The Bertz CT molecular complexity index is 841. The number of hydrogen-bond acceptors (Lipinski definition) is 3. The molecule has 1 amide bonds. The number of piperidine rings is 1. The quantitative estimate of drug-likeness (QED) is 0.928. The van der Waals surface area contributed by atoms with Gasteiger partial charge in [-0.15, -0.1) is 0 Å². The van der Waals surface area contributed by atoms with E-state index in [1.165, 1.54) is 12.8 Å². The highest BCUT2D eigenvalue weighted by Gasteiger charge is 2.18.